The molecule has 1 saturated heterocycles. The van der Waals surface area contributed by atoms with Crippen molar-refractivity contribution in [1.29, 1.82) is 0 Å². The molecule has 4 unspecified atom stereocenters. The lowest BCUT2D eigenvalue weighted by molar-refractivity contribution is -0.202. The van der Waals surface area contributed by atoms with Gasteiger partial charge in [0.2, 0.25) is 17.6 Å². The third-order valence-electron chi connectivity index (χ3n) is 11.3. The molecule has 45 heavy (non-hydrogen) atoms. The topological polar surface area (TPSA) is 171 Å². The smallest absolute Gasteiger partial charge is 0.315 e. The maximum Gasteiger partial charge on any atom is 0.315 e. The van der Waals surface area contributed by atoms with Gasteiger partial charge in [0.15, 0.2) is 0 Å². The average molecular weight is 648 g/mol. The van der Waals surface area contributed by atoms with Crippen LogP contribution in [0, 0.1) is 29.1 Å². The van der Waals surface area contributed by atoms with Crippen LogP contribution in [0.25, 0.3) is 0 Å². The molecule has 5 atom stereocenters. The van der Waals surface area contributed by atoms with Crippen LogP contribution in [0.2, 0.25) is 0 Å². The lowest BCUT2D eigenvalue weighted by atomic mass is 9.36. The summed E-state index contributed by atoms with van der Waals surface area (Å²) in [5, 5.41) is 11.0. The standard InChI is InChI=1S/C32H49N5O7S/c1-5-6-14-33-27(40)26(39)23(15-20-10-11-20)35-28(41)32-16-21-25(32)22(30(21,2)3)18-37(32)24(38)17-34-29(42)36-31(19-45(4,43)44)12-8-7-9-13-31/h5,20-23,25H,1,6-19H2,2-4H3,(H,33,40)(H,35,41)(H2,34,36,42)/t21?,22-,23?,25?,32?/m1/s1. The van der Waals surface area contributed by atoms with Crippen molar-refractivity contribution >= 4 is 39.4 Å². The fraction of sp³-hybridized carbons (Fsp3) is 0.781. The SMILES string of the molecule is C=CCCNC(=O)C(=O)C(CC1CC1)NC(=O)C12CC3C1[C@@H](CN2C(=O)CNC(=O)NC1(CS(C)(=O)=O)CCCCC1)C3(C)C. The van der Waals surface area contributed by atoms with Crippen molar-refractivity contribution in [3.05, 3.63) is 12.7 Å². The van der Waals surface area contributed by atoms with Gasteiger partial charge in [-0.05, 0) is 61.2 Å². The first-order valence-corrected chi connectivity index (χ1v) is 18.5. The zero-order chi connectivity index (χ0) is 32.8. The Balaban J connectivity index is 1.27. The molecule has 0 aromatic rings. The number of hydrogen-bond donors (Lipinski definition) is 4. The zero-order valence-corrected chi connectivity index (χ0v) is 27.6. The van der Waals surface area contributed by atoms with Crippen LogP contribution in [0.3, 0.4) is 0 Å². The molecule has 5 fully saturated rings. The number of ketones is 1. The second-order valence-corrected chi connectivity index (χ2v) is 17.0. The highest BCUT2D eigenvalue weighted by molar-refractivity contribution is 7.90. The summed E-state index contributed by atoms with van der Waals surface area (Å²) < 4.78 is 24.3. The third kappa shape index (κ3) is 6.51. The van der Waals surface area contributed by atoms with Crippen LogP contribution in [-0.2, 0) is 29.0 Å². The van der Waals surface area contributed by atoms with Crippen molar-refractivity contribution in [3.63, 3.8) is 0 Å². The van der Waals surface area contributed by atoms with Gasteiger partial charge in [0, 0.05) is 19.3 Å². The number of carbonyl (C=O) groups is 5. The molecular formula is C32H49N5O7S. The molecule has 12 nitrogen and oxygen atoms in total. The summed E-state index contributed by atoms with van der Waals surface area (Å²) in [6.45, 7) is 8.22. The lowest BCUT2D eigenvalue weighted by Crippen LogP contribution is -2.76. The third-order valence-corrected chi connectivity index (χ3v) is 12.4. The van der Waals surface area contributed by atoms with Crippen LogP contribution in [0.5, 0.6) is 0 Å². The number of nitrogens with zero attached hydrogens (tertiary/aromatic N) is 1. The maximum atomic E-state index is 14.1. The Morgan fingerprint density at radius 2 is 1.71 bits per heavy atom. The number of hydrogen-bond acceptors (Lipinski definition) is 7. The van der Waals surface area contributed by atoms with Gasteiger partial charge < -0.3 is 26.2 Å². The van der Waals surface area contributed by atoms with Gasteiger partial charge >= 0.3 is 6.03 Å². The normalized spacial score (nSPS) is 29.6. The molecule has 1 aliphatic heterocycles. The number of urea groups is 1. The van der Waals surface area contributed by atoms with Crippen LogP contribution in [-0.4, -0.2) is 91.6 Å². The summed E-state index contributed by atoms with van der Waals surface area (Å²) >= 11 is 0. The van der Waals surface area contributed by atoms with Gasteiger partial charge in [-0.25, -0.2) is 13.2 Å². The van der Waals surface area contributed by atoms with Crippen molar-refractivity contribution in [1.82, 2.24) is 26.2 Å². The Hall–Kier alpha value is -2.96. The molecule has 0 radical (unpaired) electrons. The monoisotopic (exact) mass is 647 g/mol. The molecule has 250 valence electrons. The molecule has 4 aliphatic carbocycles. The van der Waals surface area contributed by atoms with Crippen LogP contribution in [0.15, 0.2) is 12.7 Å². The second kappa shape index (κ2) is 12.3. The quantitative estimate of drug-likeness (QED) is 0.126. The van der Waals surface area contributed by atoms with Crippen LogP contribution in [0.4, 0.5) is 4.79 Å². The van der Waals surface area contributed by atoms with Crippen molar-refractivity contribution in [2.24, 2.45) is 29.1 Å². The van der Waals surface area contributed by atoms with E-state index >= 15 is 0 Å². The molecule has 0 spiro atoms. The zero-order valence-electron chi connectivity index (χ0n) is 26.8. The molecule has 13 heteroatoms. The molecule has 1 heterocycles. The first kappa shape index (κ1) is 33.4. The fourth-order valence-corrected chi connectivity index (χ4v) is 10.1. The Labute approximate surface area is 266 Å². The number of nitrogens with one attached hydrogen (secondary N) is 4. The first-order valence-electron chi connectivity index (χ1n) is 16.4. The maximum absolute atomic E-state index is 14.1. The van der Waals surface area contributed by atoms with E-state index in [2.05, 4.69) is 41.7 Å². The number of likely N-dealkylation sites (tertiary alicyclic amines) is 1. The van der Waals surface area contributed by atoms with Gasteiger partial charge in [-0.15, -0.1) is 6.58 Å². The van der Waals surface area contributed by atoms with Gasteiger partial charge in [0.05, 0.1) is 23.9 Å². The number of sulfone groups is 1. The summed E-state index contributed by atoms with van der Waals surface area (Å²) in [6, 6.07) is -1.59. The minimum atomic E-state index is -3.35. The Bertz CT molecular complexity index is 1350. The summed E-state index contributed by atoms with van der Waals surface area (Å²) in [7, 11) is -3.35. The molecular weight excluding hydrogens is 598 g/mol. The first-order chi connectivity index (χ1) is 21.1. The molecule has 4 N–H and O–H groups in total. The second-order valence-electron chi connectivity index (χ2n) is 14.8. The predicted octanol–water partition coefficient (Wildman–Crippen LogP) is 1.45. The van der Waals surface area contributed by atoms with E-state index in [1.54, 1.807) is 11.0 Å². The van der Waals surface area contributed by atoms with E-state index in [4.69, 9.17) is 0 Å². The molecule has 5 aliphatic rings. The summed E-state index contributed by atoms with van der Waals surface area (Å²) in [5.74, 6) is -1.84. The number of amides is 5. The van der Waals surface area contributed by atoms with Crippen molar-refractivity contribution < 1.29 is 32.4 Å². The largest absolute Gasteiger partial charge is 0.349 e. The van der Waals surface area contributed by atoms with E-state index in [1.165, 1.54) is 0 Å². The summed E-state index contributed by atoms with van der Waals surface area (Å²) in [4.78, 5) is 68.3. The summed E-state index contributed by atoms with van der Waals surface area (Å²) in [6.07, 6.45) is 9.70. The molecule has 4 saturated carbocycles. The number of rotatable bonds is 14. The Morgan fingerprint density at radius 1 is 1.02 bits per heavy atom. The van der Waals surface area contributed by atoms with Crippen LogP contribution < -0.4 is 21.3 Å². The fourth-order valence-electron chi connectivity index (χ4n) is 8.73. The summed E-state index contributed by atoms with van der Waals surface area (Å²) in [5.41, 5.74) is -2.07. The highest BCUT2D eigenvalue weighted by Crippen LogP contribution is 2.74. The Morgan fingerprint density at radius 3 is 2.33 bits per heavy atom. The highest BCUT2D eigenvalue weighted by atomic mass is 32.2. The van der Waals surface area contributed by atoms with E-state index in [0.29, 0.717) is 38.6 Å². The molecule has 0 aromatic heterocycles. The van der Waals surface area contributed by atoms with Gasteiger partial charge in [0.1, 0.15) is 15.4 Å². The van der Waals surface area contributed by atoms with E-state index in [0.717, 1.165) is 38.4 Å². The minimum absolute atomic E-state index is 0.0522. The lowest BCUT2D eigenvalue weighted by Gasteiger charge is -2.68. The van der Waals surface area contributed by atoms with Crippen molar-refractivity contribution in [2.45, 2.75) is 95.2 Å². The number of Topliss-reactive ketones (excluding diaryl/α,β-unsaturated/α-hetero) is 1. The van der Waals surface area contributed by atoms with E-state index in [-0.39, 0.29) is 47.9 Å². The van der Waals surface area contributed by atoms with Gasteiger partial charge in [-0.1, -0.05) is 52.0 Å². The molecule has 0 bridgehead atoms. The molecule has 5 amide bonds. The van der Waals surface area contributed by atoms with Gasteiger partial charge in [-0.2, -0.15) is 0 Å². The number of carbonyl (C=O) groups excluding carboxylic acids is 5. The molecule has 5 rings (SSSR count). The van der Waals surface area contributed by atoms with Crippen LogP contribution in [0.1, 0.15) is 78.1 Å². The van der Waals surface area contributed by atoms with E-state index < -0.39 is 56.5 Å². The Kier molecular flexibility index (Phi) is 9.16. The van der Waals surface area contributed by atoms with Crippen LogP contribution >= 0.6 is 0 Å². The van der Waals surface area contributed by atoms with Crippen molar-refractivity contribution in [2.75, 3.05) is 31.6 Å². The predicted molar refractivity (Wildman–Crippen MR) is 167 cm³/mol. The highest BCUT2D eigenvalue weighted by Gasteiger charge is 2.80. The minimum Gasteiger partial charge on any atom is -0.349 e. The van der Waals surface area contributed by atoms with Gasteiger partial charge in [-0.3, -0.25) is 19.2 Å². The molecule has 0 aromatic carbocycles. The van der Waals surface area contributed by atoms with Crippen molar-refractivity contribution in [3.8, 4) is 0 Å². The average Bonchev–Trinajstić information content (AvgIpc) is 3.74. The van der Waals surface area contributed by atoms with E-state index in [9.17, 15) is 32.4 Å². The van der Waals surface area contributed by atoms with Gasteiger partial charge in [0.25, 0.3) is 5.91 Å². The van der Waals surface area contributed by atoms with E-state index in [1.807, 2.05) is 0 Å².